The van der Waals surface area contributed by atoms with Gasteiger partial charge in [-0.25, -0.2) is 4.98 Å². The van der Waals surface area contributed by atoms with Crippen molar-refractivity contribution >= 4 is 10.8 Å². The quantitative estimate of drug-likeness (QED) is 0.494. The summed E-state index contributed by atoms with van der Waals surface area (Å²) in [7, 11) is 0. The monoisotopic (exact) mass is 296 g/mol. The summed E-state index contributed by atoms with van der Waals surface area (Å²) in [5.41, 5.74) is 6.92. The summed E-state index contributed by atoms with van der Waals surface area (Å²) in [6, 6.07) is 19.9. The maximum Gasteiger partial charge on any atom is 0.0991 e. The lowest BCUT2D eigenvalue weighted by molar-refractivity contribution is 0.950. The minimum atomic E-state index is 1.11. The molecule has 1 aromatic heterocycles. The molecule has 0 atom stereocenters. The average Bonchev–Trinajstić information content (AvgIpc) is 3.15. The van der Waals surface area contributed by atoms with Crippen LogP contribution in [0.3, 0.4) is 0 Å². The van der Waals surface area contributed by atoms with E-state index in [2.05, 4.69) is 64.1 Å². The van der Waals surface area contributed by atoms with Crippen molar-refractivity contribution < 1.29 is 0 Å². The van der Waals surface area contributed by atoms with Gasteiger partial charge in [0.1, 0.15) is 0 Å². The number of hydrogen-bond donors (Lipinski definition) is 0. The Kier molecular flexibility index (Phi) is 2.65. The summed E-state index contributed by atoms with van der Waals surface area (Å²) in [6.07, 6.45) is 7.93. The fraction of sp³-hybridized carbons (Fsp3) is 0.0952. The van der Waals surface area contributed by atoms with Crippen molar-refractivity contribution in [2.45, 2.75) is 12.8 Å². The zero-order valence-corrected chi connectivity index (χ0v) is 12.7. The van der Waals surface area contributed by atoms with Crippen LogP contribution >= 0.6 is 0 Å². The molecule has 0 saturated heterocycles. The summed E-state index contributed by atoms with van der Waals surface area (Å²) in [5.74, 6) is 0. The molecule has 0 spiro atoms. The highest BCUT2D eigenvalue weighted by atomic mass is 15.0. The average molecular weight is 296 g/mol. The lowest BCUT2D eigenvalue weighted by atomic mass is 9.83. The third-order valence-electron chi connectivity index (χ3n) is 4.88. The Morgan fingerprint density at radius 3 is 2.65 bits per heavy atom. The molecule has 2 heteroatoms. The Morgan fingerprint density at radius 2 is 1.74 bits per heavy atom. The van der Waals surface area contributed by atoms with Crippen molar-refractivity contribution in [3.05, 3.63) is 84.4 Å². The van der Waals surface area contributed by atoms with Crippen LogP contribution in [-0.2, 0) is 12.8 Å². The predicted octanol–water partition coefficient (Wildman–Crippen LogP) is 4.79. The lowest BCUT2D eigenvalue weighted by Gasteiger charge is -2.22. The highest BCUT2D eigenvalue weighted by molar-refractivity contribution is 5.97. The maximum atomic E-state index is 4.19. The number of nitrogens with zero attached hydrogens (tertiary/aromatic N) is 2. The van der Waals surface area contributed by atoms with Crippen molar-refractivity contribution in [2.24, 2.45) is 0 Å². The largest absolute Gasteiger partial charge is 0.306 e. The topological polar surface area (TPSA) is 17.8 Å². The fourth-order valence-corrected chi connectivity index (χ4v) is 3.81. The molecular formula is C21H16N2. The highest BCUT2D eigenvalue weighted by Gasteiger charge is 2.18. The predicted molar refractivity (Wildman–Crippen MR) is 93.9 cm³/mol. The summed E-state index contributed by atoms with van der Waals surface area (Å²) in [6.45, 7) is 0. The van der Waals surface area contributed by atoms with Crippen LogP contribution in [0.4, 0.5) is 0 Å². The molecule has 1 aliphatic carbocycles. The third kappa shape index (κ3) is 1.85. The van der Waals surface area contributed by atoms with Crippen LogP contribution < -0.4 is 0 Å². The zero-order chi connectivity index (χ0) is 15.2. The second-order valence-electron chi connectivity index (χ2n) is 6.09. The van der Waals surface area contributed by atoms with Gasteiger partial charge in [0, 0.05) is 17.8 Å². The number of rotatable bonds is 1. The summed E-state index contributed by atoms with van der Waals surface area (Å²) in [4.78, 5) is 4.19. The van der Waals surface area contributed by atoms with Gasteiger partial charge in [0.25, 0.3) is 0 Å². The molecule has 110 valence electrons. The number of imidazole rings is 1. The summed E-state index contributed by atoms with van der Waals surface area (Å²) in [5, 5.41) is 2.66. The van der Waals surface area contributed by atoms with E-state index in [-0.39, 0.29) is 0 Å². The van der Waals surface area contributed by atoms with Crippen LogP contribution in [0.15, 0.2) is 73.3 Å². The van der Waals surface area contributed by atoms with Gasteiger partial charge >= 0.3 is 0 Å². The first-order chi connectivity index (χ1) is 11.4. The Hall–Kier alpha value is -2.87. The molecule has 4 aromatic rings. The van der Waals surface area contributed by atoms with E-state index in [4.69, 9.17) is 0 Å². The van der Waals surface area contributed by atoms with Gasteiger partial charge < -0.3 is 4.57 Å². The van der Waals surface area contributed by atoms with Crippen molar-refractivity contribution in [2.75, 3.05) is 0 Å². The van der Waals surface area contributed by atoms with Crippen molar-refractivity contribution in [3.8, 4) is 16.8 Å². The molecule has 0 saturated carbocycles. The first kappa shape index (κ1) is 12.7. The Bertz CT molecular complexity index is 1010. The minimum Gasteiger partial charge on any atom is -0.306 e. The molecule has 3 aromatic carbocycles. The van der Waals surface area contributed by atoms with Crippen LogP contribution in [0, 0.1) is 0 Å². The van der Waals surface area contributed by atoms with Gasteiger partial charge in [0.2, 0.25) is 0 Å². The molecule has 0 amide bonds. The third-order valence-corrected chi connectivity index (χ3v) is 4.88. The molecule has 0 radical (unpaired) electrons. The van der Waals surface area contributed by atoms with Crippen LogP contribution in [0.5, 0.6) is 0 Å². The lowest BCUT2D eigenvalue weighted by Crippen LogP contribution is -2.05. The van der Waals surface area contributed by atoms with E-state index in [9.17, 15) is 0 Å². The van der Waals surface area contributed by atoms with Crippen LogP contribution in [0.2, 0.25) is 0 Å². The van der Waals surface area contributed by atoms with Crippen molar-refractivity contribution in [3.63, 3.8) is 0 Å². The Labute approximate surface area is 135 Å². The molecule has 2 nitrogen and oxygen atoms in total. The van der Waals surface area contributed by atoms with E-state index in [1.54, 1.807) is 0 Å². The van der Waals surface area contributed by atoms with Gasteiger partial charge in [-0.1, -0.05) is 48.5 Å². The Balaban J connectivity index is 1.82. The molecule has 0 unspecified atom stereocenters. The molecule has 5 rings (SSSR count). The minimum absolute atomic E-state index is 1.11. The molecule has 0 aliphatic heterocycles. The summed E-state index contributed by atoms with van der Waals surface area (Å²) < 4.78 is 2.09. The first-order valence-corrected chi connectivity index (χ1v) is 8.03. The van der Waals surface area contributed by atoms with Gasteiger partial charge in [-0.15, -0.1) is 0 Å². The van der Waals surface area contributed by atoms with Crippen molar-refractivity contribution in [1.82, 2.24) is 9.55 Å². The van der Waals surface area contributed by atoms with E-state index in [1.807, 2.05) is 18.7 Å². The molecule has 0 bridgehead atoms. The summed E-state index contributed by atoms with van der Waals surface area (Å²) >= 11 is 0. The number of fused-ring (bicyclic) bond motifs is 5. The molecule has 0 fully saturated rings. The molecule has 23 heavy (non-hydrogen) atoms. The number of aromatic nitrogens is 2. The molecule has 0 N–H and O–H groups in total. The van der Waals surface area contributed by atoms with E-state index in [0.29, 0.717) is 0 Å². The van der Waals surface area contributed by atoms with Gasteiger partial charge in [0.15, 0.2) is 0 Å². The fourth-order valence-electron chi connectivity index (χ4n) is 3.81. The van der Waals surface area contributed by atoms with Crippen LogP contribution in [-0.4, -0.2) is 9.55 Å². The second kappa shape index (κ2) is 4.82. The first-order valence-electron chi connectivity index (χ1n) is 8.03. The molecular weight excluding hydrogens is 280 g/mol. The number of hydrogen-bond acceptors (Lipinski definition) is 1. The standard InChI is InChI=1S/C21H16N2/c1-2-5-16-15(4-1)8-9-19-17-6-3-7-21(23-13-12-22-14-23)20(17)11-10-18(16)19/h1-7,10-14H,8-9H2. The molecule has 1 aliphatic rings. The zero-order valence-electron chi connectivity index (χ0n) is 12.7. The molecule has 1 heterocycles. The van der Waals surface area contributed by atoms with Gasteiger partial charge in [-0.05, 0) is 46.5 Å². The van der Waals surface area contributed by atoms with E-state index < -0.39 is 0 Å². The maximum absolute atomic E-state index is 4.19. The Morgan fingerprint density at radius 1 is 0.783 bits per heavy atom. The SMILES string of the molecule is c1ccc2c(c1)CCc1c-2ccc2c(-n3ccnc3)cccc12. The number of aryl methyl sites for hydroxylation is 2. The number of benzene rings is 3. The van der Waals surface area contributed by atoms with E-state index in [0.717, 1.165) is 12.8 Å². The van der Waals surface area contributed by atoms with E-state index in [1.165, 1.54) is 38.7 Å². The smallest absolute Gasteiger partial charge is 0.0991 e. The van der Waals surface area contributed by atoms with Gasteiger partial charge in [0.05, 0.1) is 12.0 Å². The second-order valence-corrected chi connectivity index (χ2v) is 6.09. The normalized spacial score (nSPS) is 12.9. The highest BCUT2D eigenvalue weighted by Crippen LogP contribution is 2.38. The van der Waals surface area contributed by atoms with Crippen molar-refractivity contribution in [1.29, 1.82) is 0 Å². The van der Waals surface area contributed by atoms with Crippen LogP contribution in [0.25, 0.3) is 27.6 Å². The van der Waals surface area contributed by atoms with E-state index >= 15 is 0 Å². The van der Waals surface area contributed by atoms with Gasteiger partial charge in [-0.2, -0.15) is 0 Å². The van der Waals surface area contributed by atoms with Crippen LogP contribution in [0.1, 0.15) is 11.1 Å². The van der Waals surface area contributed by atoms with Gasteiger partial charge in [-0.3, -0.25) is 0 Å².